The highest BCUT2D eigenvalue weighted by Crippen LogP contribution is 2.28. The van der Waals surface area contributed by atoms with Crippen LogP contribution in [0.1, 0.15) is 56.8 Å². The Bertz CT molecular complexity index is 1430. The van der Waals surface area contributed by atoms with Crippen molar-refractivity contribution in [2.24, 2.45) is 0 Å². The van der Waals surface area contributed by atoms with Gasteiger partial charge in [0.15, 0.2) is 0 Å². The second-order valence-corrected chi connectivity index (χ2v) is 11.5. The molecule has 2 N–H and O–H groups in total. The van der Waals surface area contributed by atoms with Crippen LogP contribution in [0.5, 0.6) is 0 Å². The van der Waals surface area contributed by atoms with E-state index in [1.54, 1.807) is 12.1 Å². The fourth-order valence-electron chi connectivity index (χ4n) is 5.41. The number of anilines is 1. The summed E-state index contributed by atoms with van der Waals surface area (Å²) in [6.45, 7) is 7.25. The van der Waals surface area contributed by atoms with Crippen molar-refractivity contribution in [1.82, 2.24) is 19.8 Å². The summed E-state index contributed by atoms with van der Waals surface area (Å²) in [4.78, 5) is 37.9. The van der Waals surface area contributed by atoms with Gasteiger partial charge in [-0.05, 0) is 54.8 Å². The van der Waals surface area contributed by atoms with Gasteiger partial charge in [0, 0.05) is 51.6 Å². The first-order chi connectivity index (χ1) is 24.0. The van der Waals surface area contributed by atoms with E-state index in [1.807, 2.05) is 48.5 Å². The maximum atomic E-state index is 12.3. The minimum atomic E-state index is -0.493. The molecule has 1 aromatic carbocycles. The molecule has 13 nitrogen and oxygen atoms in total. The lowest BCUT2D eigenvalue weighted by Crippen LogP contribution is -2.36. The Labute approximate surface area is 288 Å². The monoisotopic (exact) mass is 679 g/mol. The quantitative estimate of drug-likeness (QED) is 0.288. The molecule has 1 unspecified atom stereocenters. The molecule has 3 aromatic rings. The number of esters is 2. The fourth-order valence-corrected chi connectivity index (χ4v) is 5.41. The van der Waals surface area contributed by atoms with E-state index in [1.165, 1.54) is 14.2 Å². The lowest BCUT2D eigenvalue weighted by atomic mass is 10.0. The molecule has 0 spiro atoms. The van der Waals surface area contributed by atoms with Crippen LogP contribution in [0.3, 0.4) is 0 Å². The largest absolute Gasteiger partial charge is 0.464 e. The zero-order valence-electron chi connectivity index (χ0n) is 28.6. The van der Waals surface area contributed by atoms with Crippen molar-refractivity contribution in [2.75, 3.05) is 99.0 Å². The molecule has 1 fully saturated rings. The van der Waals surface area contributed by atoms with Crippen molar-refractivity contribution < 1.29 is 38.0 Å². The topological polar surface area (TPSA) is 148 Å². The second kappa shape index (κ2) is 21.2. The highest BCUT2D eigenvalue weighted by Gasteiger charge is 2.25. The summed E-state index contributed by atoms with van der Waals surface area (Å²) >= 11 is 0. The van der Waals surface area contributed by atoms with E-state index in [4.69, 9.17) is 39.1 Å². The molecule has 266 valence electrons. The van der Waals surface area contributed by atoms with Crippen molar-refractivity contribution in [3.63, 3.8) is 0 Å². The molecule has 1 atom stereocenters. The number of carbonyl (C=O) groups excluding carboxylic acids is 2. The van der Waals surface area contributed by atoms with Gasteiger partial charge in [-0.25, -0.2) is 19.6 Å². The molecule has 1 aliphatic heterocycles. The van der Waals surface area contributed by atoms with Gasteiger partial charge in [-0.3, -0.25) is 9.80 Å². The van der Waals surface area contributed by atoms with E-state index in [2.05, 4.69) is 14.8 Å². The van der Waals surface area contributed by atoms with Crippen LogP contribution in [-0.4, -0.2) is 125 Å². The van der Waals surface area contributed by atoms with Gasteiger partial charge in [0.1, 0.15) is 11.4 Å². The van der Waals surface area contributed by atoms with Crippen LogP contribution in [0.15, 0.2) is 60.7 Å². The molecule has 0 bridgehead atoms. The number of ether oxygens (including phenoxy) is 6. The lowest BCUT2D eigenvalue weighted by molar-refractivity contribution is 0.0170. The summed E-state index contributed by atoms with van der Waals surface area (Å²) in [5.74, 6) is -0.954. The van der Waals surface area contributed by atoms with E-state index in [0.29, 0.717) is 97.0 Å². The molecule has 0 saturated carbocycles. The van der Waals surface area contributed by atoms with Crippen molar-refractivity contribution in [2.45, 2.75) is 25.4 Å². The summed E-state index contributed by atoms with van der Waals surface area (Å²) in [6.07, 6.45) is 1.75. The van der Waals surface area contributed by atoms with Crippen LogP contribution in [0.25, 0.3) is 0 Å². The van der Waals surface area contributed by atoms with Gasteiger partial charge >= 0.3 is 11.9 Å². The predicted octanol–water partition coefficient (Wildman–Crippen LogP) is 3.39. The number of nitrogen functional groups attached to an aromatic ring is 1. The number of nitrogens with two attached hydrogens (primary N) is 1. The first-order valence-electron chi connectivity index (χ1n) is 16.7. The molecule has 13 heteroatoms. The molecular formula is C36H49N5O8. The zero-order valence-corrected chi connectivity index (χ0v) is 28.6. The Morgan fingerprint density at radius 2 is 1.22 bits per heavy atom. The maximum absolute atomic E-state index is 12.3. The number of rotatable bonds is 7. The van der Waals surface area contributed by atoms with Gasteiger partial charge in [0.2, 0.25) is 0 Å². The van der Waals surface area contributed by atoms with Crippen molar-refractivity contribution >= 4 is 17.6 Å². The highest BCUT2D eigenvalue weighted by atomic mass is 16.5. The summed E-state index contributed by atoms with van der Waals surface area (Å²) in [6, 6.07) is 18.1. The Balaban J connectivity index is 1.41. The van der Waals surface area contributed by atoms with E-state index in [9.17, 15) is 9.59 Å². The molecular weight excluding hydrogens is 630 g/mol. The predicted molar refractivity (Wildman–Crippen MR) is 183 cm³/mol. The third-order valence-corrected chi connectivity index (χ3v) is 8.00. The first kappa shape index (κ1) is 37.8. The van der Waals surface area contributed by atoms with Gasteiger partial charge in [0.05, 0.1) is 71.3 Å². The summed E-state index contributed by atoms with van der Waals surface area (Å²) in [7, 11) is 2.69. The van der Waals surface area contributed by atoms with Crippen molar-refractivity contribution in [3.8, 4) is 0 Å². The average Bonchev–Trinajstić information content (AvgIpc) is 3.12. The number of carbonyl (C=O) groups is 2. The van der Waals surface area contributed by atoms with E-state index in [0.717, 1.165) is 24.1 Å². The van der Waals surface area contributed by atoms with Crippen LogP contribution < -0.4 is 5.73 Å². The smallest absolute Gasteiger partial charge is 0.356 e. The molecule has 3 heterocycles. The van der Waals surface area contributed by atoms with Gasteiger partial charge in [-0.15, -0.1) is 0 Å². The standard InChI is InChI=1S/C36H49N5O8/c1-44-35(42)32-9-5-7-30(38-32)27-40-15-21-46-19-3-4-20-47-23-17-41(18-24-49-26-25-48-22-16-40)34(28-11-13-29(37)14-12-28)31-8-6-10-33(39-31)36(43)45-2/h5-14,34H,3-4,15-27,37H2,1-2H3. The molecule has 0 amide bonds. The average molecular weight is 680 g/mol. The van der Waals surface area contributed by atoms with Gasteiger partial charge in [-0.1, -0.05) is 24.3 Å². The number of hydrogen-bond donors (Lipinski definition) is 1. The number of benzene rings is 1. The highest BCUT2D eigenvalue weighted by molar-refractivity contribution is 5.87. The summed E-state index contributed by atoms with van der Waals surface area (Å²) in [5.41, 5.74) is 9.67. The Morgan fingerprint density at radius 1 is 0.694 bits per heavy atom. The first-order valence-corrected chi connectivity index (χ1v) is 16.7. The van der Waals surface area contributed by atoms with Crippen molar-refractivity contribution in [3.05, 3.63) is 89.0 Å². The van der Waals surface area contributed by atoms with E-state index in [-0.39, 0.29) is 17.4 Å². The summed E-state index contributed by atoms with van der Waals surface area (Å²) in [5, 5.41) is 0. The fraction of sp³-hybridized carbons (Fsp3) is 0.500. The second-order valence-electron chi connectivity index (χ2n) is 11.5. The lowest BCUT2D eigenvalue weighted by Gasteiger charge is -2.32. The number of nitrogens with zero attached hydrogens (tertiary/aromatic N) is 4. The molecule has 1 saturated heterocycles. The molecule has 2 aromatic heterocycles. The maximum Gasteiger partial charge on any atom is 0.356 e. The van der Waals surface area contributed by atoms with Crippen LogP contribution in [0.4, 0.5) is 5.69 Å². The Kier molecular flexibility index (Phi) is 16.4. The van der Waals surface area contributed by atoms with Crippen LogP contribution in [0, 0.1) is 0 Å². The Morgan fingerprint density at radius 3 is 1.82 bits per heavy atom. The Hall–Kier alpha value is -3.98. The third-order valence-electron chi connectivity index (χ3n) is 8.00. The van der Waals surface area contributed by atoms with Crippen molar-refractivity contribution in [1.29, 1.82) is 0 Å². The summed E-state index contributed by atoms with van der Waals surface area (Å²) < 4.78 is 33.7. The minimum absolute atomic E-state index is 0.241. The number of methoxy groups -OCH3 is 2. The number of pyridine rings is 2. The SMILES string of the molecule is COC(=O)c1cccc(CN2CCOCCCCOCCN(C(c3ccc(N)cc3)c3cccc(C(=O)OC)n3)CCOCCOCC2)n1. The van der Waals surface area contributed by atoms with Gasteiger partial charge in [0.25, 0.3) is 0 Å². The van der Waals surface area contributed by atoms with Gasteiger partial charge in [-0.2, -0.15) is 0 Å². The molecule has 1 aliphatic rings. The zero-order chi connectivity index (χ0) is 34.7. The minimum Gasteiger partial charge on any atom is -0.464 e. The third kappa shape index (κ3) is 12.8. The molecule has 0 radical (unpaired) electrons. The van der Waals surface area contributed by atoms with E-state index < -0.39 is 11.9 Å². The van der Waals surface area contributed by atoms with Crippen LogP contribution in [0.2, 0.25) is 0 Å². The number of hydrogen-bond acceptors (Lipinski definition) is 13. The number of aromatic nitrogens is 2. The molecule has 4 rings (SSSR count). The molecule has 0 aliphatic carbocycles. The van der Waals surface area contributed by atoms with E-state index >= 15 is 0 Å². The van der Waals surface area contributed by atoms with Gasteiger partial charge < -0.3 is 34.2 Å². The molecule has 49 heavy (non-hydrogen) atoms. The normalized spacial score (nSPS) is 17.8. The van der Waals surface area contributed by atoms with Crippen LogP contribution >= 0.6 is 0 Å². The van der Waals surface area contributed by atoms with Crippen LogP contribution in [-0.2, 0) is 35.0 Å².